The molecule has 2 rings (SSSR count). The summed E-state index contributed by atoms with van der Waals surface area (Å²) < 4.78 is 26.5. The Morgan fingerprint density at radius 2 is 1.90 bits per heavy atom. The maximum Gasteiger partial charge on any atom is 0.246 e. The Labute approximate surface area is 135 Å². The second-order valence-electron chi connectivity index (χ2n) is 5.18. The summed E-state index contributed by atoms with van der Waals surface area (Å²) in [5.41, 5.74) is 5.85. The highest BCUT2D eigenvalue weighted by molar-refractivity contribution is 7.89. The van der Waals surface area contributed by atoms with Crippen molar-refractivity contribution in [1.29, 1.82) is 0 Å². The van der Waals surface area contributed by atoms with Crippen LogP contribution in [0.25, 0.3) is 0 Å². The largest absolute Gasteiger partial charge is 0.398 e. The molecule has 0 atom stereocenters. The summed E-state index contributed by atoms with van der Waals surface area (Å²) in [6, 6.07) is 2.79. The lowest BCUT2D eigenvalue weighted by molar-refractivity contribution is 0.310. The van der Waals surface area contributed by atoms with Crippen molar-refractivity contribution in [3.05, 3.63) is 22.2 Å². The maximum atomic E-state index is 12.6. The zero-order valence-corrected chi connectivity index (χ0v) is 14.2. The highest BCUT2D eigenvalue weighted by atomic mass is 35.5. The average molecular weight is 352 g/mol. The monoisotopic (exact) mass is 351 g/mol. The van der Waals surface area contributed by atoms with Gasteiger partial charge >= 0.3 is 0 Å². The normalized spacial score (nSPS) is 16.8. The van der Waals surface area contributed by atoms with E-state index in [9.17, 15) is 8.42 Å². The van der Waals surface area contributed by atoms with Gasteiger partial charge in [-0.2, -0.15) is 4.31 Å². The van der Waals surface area contributed by atoms with E-state index in [1.807, 2.05) is 0 Å². The number of benzene rings is 1. The number of likely N-dealkylation sites (tertiary alicyclic amines) is 1. The molecule has 0 amide bonds. The van der Waals surface area contributed by atoms with Gasteiger partial charge in [-0.1, -0.05) is 23.2 Å². The van der Waals surface area contributed by atoms with Gasteiger partial charge in [0.1, 0.15) is 4.90 Å². The SMILES string of the molecule is CN(CCN1CCCC1)S(=O)(=O)c1c(N)cc(Cl)cc1Cl. The number of nitrogens with zero attached hydrogens (tertiary/aromatic N) is 2. The minimum atomic E-state index is -3.72. The van der Waals surface area contributed by atoms with Crippen molar-refractivity contribution in [3.63, 3.8) is 0 Å². The van der Waals surface area contributed by atoms with Crippen LogP contribution >= 0.6 is 23.2 Å². The molecule has 0 saturated carbocycles. The first-order valence-electron chi connectivity index (χ1n) is 6.75. The first kappa shape index (κ1) is 16.8. The second-order valence-corrected chi connectivity index (χ2v) is 8.01. The molecule has 0 bridgehead atoms. The molecule has 0 radical (unpaired) electrons. The van der Waals surface area contributed by atoms with E-state index in [2.05, 4.69) is 4.90 Å². The van der Waals surface area contributed by atoms with Crippen LogP contribution in [0.5, 0.6) is 0 Å². The van der Waals surface area contributed by atoms with Crippen LogP contribution in [0.3, 0.4) is 0 Å². The Kier molecular flexibility index (Phi) is 5.38. The van der Waals surface area contributed by atoms with Crippen molar-refractivity contribution < 1.29 is 8.42 Å². The van der Waals surface area contributed by atoms with E-state index in [4.69, 9.17) is 28.9 Å². The summed E-state index contributed by atoms with van der Waals surface area (Å²) >= 11 is 11.8. The second kappa shape index (κ2) is 6.71. The average Bonchev–Trinajstić information content (AvgIpc) is 2.87. The summed E-state index contributed by atoms with van der Waals surface area (Å²) in [4.78, 5) is 2.18. The minimum Gasteiger partial charge on any atom is -0.398 e. The van der Waals surface area contributed by atoms with E-state index in [1.165, 1.54) is 36.3 Å². The van der Waals surface area contributed by atoms with Gasteiger partial charge in [0, 0.05) is 25.2 Å². The fourth-order valence-electron chi connectivity index (χ4n) is 2.42. The molecule has 0 unspecified atom stereocenters. The summed E-state index contributed by atoms with van der Waals surface area (Å²) in [5.74, 6) is 0. The van der Waals surface area contributed by atoms with Gasteiger partial charge in [-0.15, -0.1) is 0 Å². The van der Waals surface area contributed by atoms with Crippen molar-refractivity contribution in [2.75, 3.05) is 39.0 Å². The van der Waals surface area contributed by atoms with Crippen molar-refractivity contribution >= 4 is 38.9 Å². The number of nitrogen functional groups attached to an aromatic ring is 1. The molecule has 0 spiro atoms. The molecule has 0 aromatic heterocycles. The van der Waals surface area contributed by atoms with Crippen LogP contribution in [0.4, 0.5) is 5.69 Å². The van der Waals surface area contributed by atoms with Gasteiger partial charge in [-0.25, -0.2) is 8.42 Å². The van der Waals surface area contributed by atoms with Crippen LogP contribution in [0.2, 0.25) is 10.0 Å². The highest BCUT2D eigenvalue weighted by Crippen LogP contribution is 2.32. The van der Waals surface area contributed by atoms with Crippen LogP contribution in [-0.4, -0.2) is 50.8 Å². The van der Waals surface area contributed by atoms with Gasteiger partial charge in [0.05, 0.1) is 10.7 Å². The Morgan fingerprint density at radius 1 is 1.29 bits per heavy atom. The molecule has 0 aliphatic carbocycles. The van der Waals surface area contributed by atoms with E-state index in [0.717, 1.165) is 13.1 Å². The predicted octanol–water partition coefficient (Wildman–Crippen LogP) is 2.29. The molecule has 1 aromatic carbocycles. The number of rotatable bonds is 5. The van der Waals surface area contributed by atoms with E-state index in [-0.39, 0.29) is 15.6 Å². The molecule has 8 heteroatoms. The predicted molar refractivity (Wildman–Crippen MR) is 86.4 cm³/mol. The van der Waals surface area contributed by atoms with Gasteiger partial charge in [0.15, 0.2) is 0 Å². The molecule has 1 aromatic rings. The third-order valence-corrected chi connectivity index (χ3v) is 6.24. The Morgan fingerprint density at radius 3 is 2.48 bits per heavy atom. The van der Waals surface area contributed by atoms with E-state index < -0.39 is 10.0 Å². The van der Waals surface area contributed by atoms with Crippen LogP contribution in [0, 0.1) is 0 Å². The Bertz CT molecular complexity index is 593. The molecule has 1 fully saturated rings. The Hall–Kier alpha value is -0.530. The third-order valence-electron chi connectivity index (χ3n) is 3.64. The fourth-order valence-corrected chi connectivity index (χ4v) is 4.51. The molecule has 2 N–H and O–H groups in total. The summed E-state index contributed by atoms with van der Waals surface area (Å²) in [6.45, 7) is 3.16. The minimum absolute atomic E-state index is 0.0491. The standard InChI is InChI=1S/C13H19Cl2N3O2S/c1-17(6-7-18-4-2-3-5-18)21(19,20)13-11(15)8-10(14)9-12(13)16/h8-9H,2-7,16H2,1H3. The van der Waals surface area contributed by atoms with Crippen LogP contribution in [0.1, 0.15) is 12.8 Å². The van der Waals surface area contributed by atoms with Gasteiger partial charge in [-0.3, -0.25) is 0 Å². The van der Waals surface area contributed by atoms with Crippen molar-refractivity contribution in [2.45, 2.75) is 17.7 Å². The third kappa shape index (κ3) is 3.81. The molecule has 1 saturated heterocycles. The summed E-state index contributed by atoms with van der Waals surface area (Å²) in [6.07, 6.45) is 2.35. The zero-order valence-electron chi connectivity index (χ0n) is 11.8. The fraction of sp³-hybridized carbons (Fsp3) is 0.538. The van der Waals surface area contributed by atoms with Crippen molar-refractivity contribution in [1.82, 2.24) is 9.21 Å². The van der Waals surface area contributed by atoms with Crippen molar-refractivity contribution in [2.24, 2.45) is 0 Å². The number of likely N-dealkylation sites (N-methyl/N-ethyl adjacent to an activating group) is 1. The van der Waals surface area contributed by atoms with E-state index in [1.54, 1.807) is 0 Å². The maximum absolute atomic E-state index is 12.6. The van der Waals surface area contributed by atoms with Crippen molar-refractivity contribution in [3.8, 4) is 0 Å². The first-order chi connectivity index (χ1) is 9.82. The van der Waals surface area contributed by atoms with Gasteiger partial charge in [-0.05, 0) is 38.1 Å². The highest BCUT2D eigenvalue weighted by Gasteiger charge is 2.27. The number of halogens is 2. The molecule has 1 heterocycles. The van der Waals surface area contributed by atoms with Crippen LogP contribution in [-0.2, 0) is 10.0 Å². The number of nitrogens with two attached hydrogens (primary N) is 1. The summed E-state index contributed by atoms with van der Waals surface area (Å²) in [5, 5.41) is 0.365. The lowest BCUT2D eigenvalue weighted by Gasteiger charge is -2.22. The molecule has 118 valence electrons. The quantitative estimate of drug-likeness (QED) is 0.826. The van der Waals surface area contributed by atoms with Crippen LogP contribution in [0.15, 0.2) is 17.0 Å². The van der Waals surface area contributed by atoms with Gasteiger partial charge in [0.25, 0.3) is 0 Å². The number of anilines is 1. The zero-order chi connectivity index (χ0) is 15.6. The van der Waals surface area contributed by atoms with Gasteiger partial charge in [0.2, 0.25) is 10.0 Å². The van der Waals surface area contributed by atoms with E-state index in [0.29, 0.717) is 18.1 Å². The molecular formula is C13H19Cl2N3O2S. The molecule has 1 aliphatic rings. The van der Waals surface area contributed by atoms with E-state index >= 15 is 0 Å². The number of sulfonamides is 1. The summed E-state index contributed by atoms with van der Waals surface area (Å²) in [7, 11) is -2.18. The molecular weight excluding hydrogens is 333 g/mol. The lowest BCUT2D eigenvalue weighted by Crippen LogP contribution is -2.35. The smallest absolute Gasteiger partial charge is 0.246 e. The molecule has 1 aliphatic heterocycles. The van der Waals surface area contributed by atoms with Crippen LogP contribution < -0.4 is 5.73 Å². The number of hydrogen-bond acceptors (Lipinski definition) is 4. The Balaban J connectivity index is 2.17. The van der Waals surface area contributed by atoms with Gasteiger partial charge < -0.3 is 10.6 Å². The molecule has 21 heavy (non-hydrogen) atoms. The topological polar surface area (TPSA) is 66.6 Å². The number of hydrogen-bond donors (Lipinski definition) is 1. The first-order valence-corrected chi connectivity index (χ1v) is 8.95. The molecule has 5 nitrogen and oxygen atoms in total. The lowest BCUT2D eigenvalue weighted by atomic mass is 10.3.